The monoisotopic (exact) mass is 456 g/mol. The predicted octanol–water partition coefficient (Wildman–Crippen LogP) is 5.71. The van der Waals surface area contributed by atoms with E-state index in [2.05, 4.69) is 0 Å². The smallest absolute Gasteiger partial charge is 0.295 e. The molecule has 0 bridgehead atoms. The fourth-order valence-electron chi connectivity index (χ4n) is 4.15. The SMILES string of the molecule is CCCCN1C(=O)C(=O)/C(=C(/O)c2ccc(Cl)c(Cl)c2)C1c1cn(C)c2ccccc12. The molecule has 0 aliphatic carbocycles. The van der Waals surface area contributed by atoms with Crippen molar-refractivity contribution in [1.82, 2.24) is 9.47 Å². The number of Topliss-reactive ketones (excluding diaryl/α,β-unsaturated/α-hetero) is 1. The van der Waals surface area contributed by atoms with Crippen LogP contribution in [-0.4, -0.2) is 32.8 Å². The number of halogens is 2. The van der Waals surface area contributed by atoms with Crippen LogP contribution in [0.3, 0.4) is 0 Å². The van der Waals surface area contributed by atoms with Crippen molar-refractivity contribution in [1.29, 1.82) is 0 Å². The van der Waals surface area contributed by atoms with E-state index in [0.717, 1.165) is 29.3 Å². The number of unbranched alkanes of at least 4 members (excludes halogenated alkanes) is 1. The molecule has 0 radical (unpaired) electrons. The molecule has 1 aliphatic rings. The Labute approximate surface area is 190 Å². The quantitative estimate of drug-likeness (QED) is 0.304. The number of aryl methyl sites for hydroxylation is 1. The Morgan fingerprint density at radius 3 is 2.55 bits per heavy atom. The molecule has 1 atom stereocenters. The highest BCUT2D eigenvalue weighted by Crippen LogP contribution is 2.42. The minimum absolute atomic E-state index is 0.0656. The third-order valence-corrected chi connectivity index (χ3v) is 6.45. The summed E-state index contributed by atoms with van der Waals surface area (Å²) in [6, 6.07) is 11.8. The molecule has 3 aromatic rings. The Hall–Kier alpha value is -2.76. The van der Waals surface area contributed by atoms with E-state index in [9.17, 15) is 14.7 Å². The second kappa shape index (κ2) is 8.40. The van der Waals surface area contributed by atoms with Crippen LogP contribution >= 0.6 is 23.2 Å². The van der Waals surface area contributed by atoms with E-state index in [1.54, 1.807) is 17.0 Å². The number of hydrogen-bond donors (Lipinski definition) is 1. The topological polar surface area (TPSA) is 62.5 Å². The van der Waals surface area contributed by atoms with Crippen molar-refractivity contribution in [2.45, 2.75) is 25.8 Å². The zero-order chi connectivity index (χ0) is 22.3. The number of hydrogen-bond acceptors (Lipinski definition) is 3. The minimum Gasteiger partial charge on any atom is -0.507 e. The molecule has 1 N–H and O–H groups in total. The van der Waals surface area contributed by atoms with Gasteiger partial charge in [0.15, 0.2) is 0 Å². The summed E-state index contributed by atoms with van der Waals surface area (Å²) in [5.74, 6) is -1.56. The van der Waals surface area contributed by atoms with Crippen LogP contribution < -0.4 is 0 Å². The van der Waals surface area contributed by atoms with Crippen LogP contribution in [0.1, 0.15) is 36.9 Å². The normalized spacial score (nSPS) is 18.3. The van der Waals surface area contributed by atoms with Gasteiger partial charge in [0.05, 0.1) is 21.7 Å². The van der Waals surface area contributed by atoms with Gasteiger partial charge >= 0.3 is 0 Å². The number of likely N-dealkylation sites (tertiary alicyclic amines) is 1. The van der Waals surface area contributed by atoms with Crippen molar-refractivity contribution in [2.75, 3.05) is 6.54 Å². The van der Waals surface area contributed by atoms with Gasteiger partial charge in [0.1, 0.15) is 5.76 Å². The molecule has 1 aromatic heterocycles. The maximum absolute atomic E-state index is 13.1. The average Bonchev–Trinajstić information content (AvgIpc) is 3.22. The van der Waals surface area contributed by atoms with Crippen molar-refractivity contribution >= 4 is 51.6 Å². The lowest BCUT2D eigenvalue weighted by Crippen LogP contribution is -2.30. The standard InChI is InChI=1S/C24H22Cl2N2O3/c1-3-4-11-28-21(16-13-27(2)19-8-6-5-7-15(16)19)20(23(30)24(28)31)22(29)14-9-10-17(25)18(26)12-14/h5-10,12-13,21,29H,3-4,11H2,1-2H3/b22-20+. The van der Waals surface area contributed by atoms with Crippen molar-refractivity contribution < 1.29 is 14.7 Å². The van der Waals surface area contributed by atoms with Gasteiger partial charge in [-0.15, -0.1) is 0 Å². The van der Waals surface area contributed by atoms with Gasteiger partial charge in [0.25, 0.3) is 11.7 Å². The van der Waals surface area contributed by atoms with Gasteiger partial charge in [-0.2, -0.15) is 0 Å². The Kier molecular flexibility index (Phi) is 5.82. The lowest BCUT2D eigenvalue weighted by molar-refractivity contribution is -0.139. The van der Waals surface area contributed by atoms with Crippen LogP contribution in [-0.2, 0) is 16.6 Å². The lowest BCUT2D eigenvalue weighted by atomic mass is 9.95. The summed E-state index contributed by atoms with van der Waals surface area (Å²) in [6.07, 6.45) is 3.54. The molecule has 0 saturated carbocycles. The highest BCUT2D eigenvalue weighted by molar-refractivity contribution is 6.47. The van der Waals surface area contributed by atoms with E-state index in [-0.39, 0.29) is 16.4 Å². The van der Waals surface area contributed by atoms with Gasteiger partial charge in [-0.3, -0.25) is 9.59 Å². The second-order valence-electron chi connectivity index (χ2n) is 7.69. The molecule has 7 heteroatoms. The molecule has 2 heterocycles. The number of aliphatic hydroxyl groups excluding tert-OH is 1. The number of fused-ring (bicyclic) bond motifs is 1. The van der Waals surface area contributed by atoms with Gasteiger partial charge in [0.2, 0.25) is 0 Å². The van der Waals surface area contributed by atoms with E-state index >= 15 is 0 Å². The van der Waals surface area contributed by atoms with E-state index in [4.69, 9.17) is 23.2 Å². The van der Waals surface area contributed by atoms with Gasteiger partial charge < -0.3 is 14.6 Å². The summed E-state index contributed by atoms with van der Waals surface area (Å²) in [6.45, 7) is 2.45. The van der Waals surface area contributed by atoms with E-state index in [0.29, 0.717) is 17.1 Å². The Bertz CT molecular complexity index is 1230. The summed E-state index contributed by atoms with van der Waals surface area (Å²) in [5.41, 5.74) is 2.19. The van der Waals surface area contributed by atoms with Crippen LogP contribution in [0.25, 0.3) is 16.7 Å². The number of ketones is 1. The Morgan fingerprint density at radius 2 is 1.84 bits per heavy atom. The molecule has 160 valence electrons. The fourth-order valence-corrected chi connectivity index (χ4v) is 4.45. The zero-order valence-electron chi connectivity index (χ0n) is 17.2. The summed E-state index contributed by atoms with van der Waals surface area (Å²) in [4.78, 5) is 27.6. The number of aromatic nitrogens is 1. The molecule has 1 amide bonds. The maximum Gasteiger partial charge on any atom is 0.295 e. The minimum atomic E-state index is -0.697. The summed E-state index contributed by atoms with van der Waals surface area (Å²) in [5, 5.41) is 12.7. The third-order valence-electron chi connectivity index (χ3n) is 5.71. The molecule has 31 heavy (non-hydrogen) atoms. The van der Waals surface area contributed by atoms with Crippen molar-refractivity contribution in [3.05, 3.63) is 75.4 Å². The van der Waals surface area contributed by atoms with Gasteiger partial charge in [-0.1, -0.05) is 54.7 Å². The first-order chi connectivity index (χ1) is 14.8. The predicted molar refractivity (Wildman–Crippen MR) is 123 cm³/mol. The molecular weight excluding hydrogens is 435 g/mol. The molecule has 5 nitrogen and oxygen atoms in total. The summed E-state index contributed by atoms with van der Waals surface area (Å²) in [7, 11) is 1.92. The second-order valence-corrected chi connectivity index (χ2v) is 8.50. The van der Waals surface area contributed by atoms with Crippen molar-refractivity contribution in [3.8, 4) is 0 Å². The highest BCUT2D eigenvalue weighted by atomic mass is 35.5. The third kappa shape index (κ3) is 3.62. The van der Waals surface area contributed by atoms with Crippen molar-refractivity contribution in [2.24, 2.45) is 7.05 Å². The number of para-hydroxylation sites is 1. The van der Waals surface area contributed by atoms with Crippen LogP contribution in [0.5, 0.6) is 0 Å². The largest absolute Gasteiger partial charge is 0.507 e. The lowest BCUT2D eigenvalue weighted by Gasteiger charge is -2.24. The van der Waals surface area contributed by atoms with E-state index in [1.165, 1.54) is 6.07 Å². The first kappa shape index (κ1) is 21.5. The Morgan fingerprint density at radius 1 is 1.10 bits per heavy atom. The van der Waals surface area contributed by atoms with Crippen LogP contribution in [0.4, 0.5) is 0 Å². The fraction of sp³-hybridized carbons (Fsp3) is 0.250. The zero-order valence-corrected chi connectivity index (χ0v) is 18.7. The van der Waals surface area contributed by atoms with Crippen molar-refractivity contribution in [3.63, 3.8) is 0 Å². The number of benzene rings is 2. The van der Waals surface area contributed by atoms with Gasteiger partial charge in [-0.05, 0) is 30.7 Å². The molecule has 1 saturated heterocycles. The number of carbonyl (C=O) groups is 2. The first-order valence-electron chi connectivity index (χ1n) is 10.1. The highest BCUT2D eigenvalue weighted by Gasteiger charge is 2.46. The number of rotatable bonds is 5. The van der Waals surface area contributed by atoms with Gasteiger partial charge in [-0.25, -0.2) is 0 Å². The number of carbonyl (C=O) groups excluding carboxylic acids is 2. The number of nitrogens with zero attached hydrogens (tertiary/aromatic N) is 2. The van der Waals surface area contributed by atoms with Gasteiger partial charge in [0, 0.05) is 41.8 Å². The number of amides is 1. The molecule has 4 rings (SSSR count). The van der Waals surface area contributed by atoms with E-state index in [1.807, 2.05) is 49.0 Å². The van der Waals surface area contributed by atoms with Crippen LogP contribution in [0, 0.1) is 0 Å². The average molecular weight is 457 g/mol. The van der Waals surface area contributed by atoms with E-state index < -0.39 is 17.7 Å². The Balaban J connectivity index is 1.96. The maximum atomic E-state index is 13.1. The summed E-state index contributed by atoms with van der Waals surface area (Å²) < 4.78 is 1.96. The number of aliphatic hydroxyl groups is 1. The molecule has 0 spiro atoms. The van der Waals surface area contributed by atoms with Crippen LogP contribution in [0.15, 0.2) is 54.2 Å². The molecule has 1 fully saturated rings. The summed E-state index contributed by atoms with van der Waals surface area (Å²) >= 11 is 12.1. The van der Waals surface area contributed by atoms with Crippen LogP contribution in [0.2, 0.25) is 10.0 Å². The molecular formula is C24H22Cl2N2O3. The molecule has 1 aliphatic heterocycles. The molecule has 1 unspecified atom stereocenters. The molecule has 2 aromatic carbocycles. The first-order valence-corrected chi connectivity index (χ1v) is 10.9.